The summed E-state index contributed by atoms with van der Waals surface area (Å²) in [6.07, 6.45) is -6.19. The highest BCUT2D eigenvalue weighted by molar-refractivity contribution is 5.89. The van der Waals surface area contributed by atoms with Gasteiger partial charge in [0.05, 0.1) is 0 Å². The molecule has 0 saturated heterocycles. The Balaban J connectivity index is 2.46. The van der Waals surface area contributed by atoms with Gasteiger partial charge in [0.2, 0.25) is 5.60 Å². The molecule has 1 aromatic carbocycles. The Morgan fingerprint density at radius 3 is 2.52 bits per heavy atom. The van der Waals surface area contributed by atoms with Crippen molar-refractivity contribution in [3.63, 3.8) is 0 Å². The number of hydrogen-bond acceptors (Lipinski definition) is 5. The van der Waals surface area contributed by atoms with Gasteiger partial charge in [-0.3, -0.25) is 4.79 Å². The average Bonchev–Trinajstić information content (AvgIpc) is 2.52. The van der Waals surface area contributed by atoms with Crippen LogP contribution in [0.15, 0.2) is 23.2 Å². The zero-order valence-electron chi connectivity index (χ0n) is 14.2. The number of hydrogen-bond donors (Lipinski definition) is 2. The molecule has 3 N–H and O–H groups in total. The topological polar surface area (TPSA) is 84.9 Å². The van der Waals surface area contributed by atoms with Crippen molar-refractivity contribution >= 4 is 11.8 Å². The Labute approximate surface area is 149 Å². The van der Waals surface area contributed by atoms with E-state index < -0.39 is 59.5 Å². The van der Waals surface area contributed by atoms with Crippen molar-refractivity contribution in [2.24, 2.45) is 10.7 Å². The largest absolute Gasteiger partial charge is 0.459 e. The van der Waals surface area contributed by atoms with E-state index in [1.807, 2.05) is 0 Å². The molecule has 150 valence electrons. The highest BCUT2D eigenvalue weighted by atomic mass is 19.4. The lowest BCUT2D eigenvalue weighted by Gasteiger charge is -2.37. The van der Waals surface area contributed by atoms with Gasteiger partial charge in [0.1, 0.15) is 5.82 Å². The highest BCUT2D eigenvalue weighted by Gasteiger charge is 2.57. The summed E-state index contributed by atoms with van der Waals surface area (Å²) in [7, 11) is 0. The minimum absolute atomic E-state index is 0.210. The van der Waals surface area contributed by atoms with Gasteiger partial charge in [0.15, 0.2) is 17.9 Å². The molecule has 0 radical (unpaired) electrons. The Bertz CT molecular complexity index is 791. The lowest BCUT2D eigenvalue weighted by Crippen LogP contribution is -2.51. The van der Waals surface area contributed by atoms with Crippen LogP contribution in [0.1, 0.15) is 25.0 Å². The quantitative estimate of drug-likeness (QED) is 0.764. The average molecular weight is 398 g/mol. The molecule has 11 heteroatoms. The molecule has 27 heavy (non-hydrogen) atoms. The maximum absolute atomic E-state index is 14.3. The van der Waals surface area contributed by atoms with E-state index in [0.717, 1.165) is 25.1 Å². The lowest BCUT2D eigenvalue weighted by atomic mass is 9.83. The van der Waals surface area contributed by atoms with Crippen LogP contribution in [0.5, 0.6) is 0 Å². The summed E-state index contributed by atoms with van der Waals surface area (Å²) in [5, 5.41) is 9.40. The van der Waals surface area contributed by atoms with Crippen LogP contribution in [-0.4, -0.2) is 41.2 Å². The van der Waals surface area contributed by atoms with E-state index in [-0.39, 0.29) is 12.5 Å². The first kappa shape index (κ1) is 21.0. The third-order valence-corrected chi connectivity index (χ3v) is 4.46. The number of rotatable bonds is 4. The lowest BCUT2D eigenvalue weighted by molar-refractivity contribution is -0.243. The number of nitrogens with zero attached hydrogens (tertiary/aromatic N) is 1. The first-order chi connectivity index (χ1) is 12.1. The molecule has 2 atom stereocenters. The first-order valence-corrected chi connectivity index (χ1v) is 7.59. The van der Waals surface area contributed by atoms with Crippen LogP contribution in [-0.2, 0) is 21.5 Å². The van der Waals surface area contributed by atoms with Crippen LogP contribution in [0, 0.1) is 5.82 Å². The Morgan fingerprint density at radius 2 is 1.96 bits per heavy atom. The monoisotopic (exact) mass is 398 g/mol. The standard InChI is InChI=1S/C16H16F6N2O3/c1-13(15(18,19)7-27-12(23)24-13)9-5-8(3-4-10(9)17)6-11(25)14(2,26)16(20,21)22/h3-5,26H,6-7H2,1-2H3,(H2,23,24)/t13-,14-/m1/s1. The zero-order chi connectivity index (χ0) is 20.8. The van der Waals surface area contributed by atoms with Crippen LogP contribution in [0.3, 0.4) is 0 Å². The molecule has 0 bridgehead atoms. The number of ketones is 1. The van der Waals surface area contributed by atoms with Crippen LogP contribution in [0.4, 0.5) is 26.3 Å². The minimum atomic E-state index is -5.23. The van der Waals surface area contributed by atoms with Gasteiger partial charge in [-0.05, 0) is 31.5 Å². The molecule has 1 heterocycles. The van der Waals surface area contributed by atoms with Crippen LogP contribution >= 0.6 is 0 Å². The second kappa shape index (κ2) is 6.39. The maximum atomic E-state index is 14.3. The van der Waals surface area contributed by atoms with E-state index in [4.69, 9.17) is 5.73 Å². The molecule has 1 aliphatic rings. The van der Waals surface area contributed by atoms with Gasteiger partial charge < -0.3 is 15.6 Å². The van der Waals surface area contributed by atoms with Crippen molar-refractivity contribution in [1.82, 2.24) is 0 Å². The fourth-order valence-electron chi connectivity index (χ4n) is 2.47. The van der Waals surface area contributed by atoms with Crippen molar-refractivity contribution in [3.05, 3.63) is 35.1 Å². The number of amidine groups is 1. The van der Waals surface area contributed by atoms with E-state index >= 15 is 0 Å². The summed E-state index contributed by atoms with van der Waals surface area (Å²) in [6, 6.07) is 1.87. The van der Waals surface area contributed by atoms with E-state index in [2.05, 4.69) is 9.73 Å². The van der Waals surface area contributed by atoms with Gasteiger partial charge in [-0.15, -0.1) is 0 Å². The van der Waals surface area contributed by atoms with E-state index in [1.165, 1.54) is 0 Å². The molecular formula is C16H16F6N2O3. The number of benzene rings is 1. The molecule has 0 aliphatic carbocycles. The van der Waals surface area contributed by atoms with Crippen molar-refractivity contribution < 1.29 is 41.0 Å². The predicted molar refractivity (Wildman–Crippen MR) is 81.7 cm³/mol. The molecule has 1 aliphatic heterocycles. The number of halogens is 6. The first-order valence-electron chi connectivity index (χ1n) is 7.59. The van der Waals surface area contributed by atoms with Crippen molar-refractivity contribution in [1.29, 1.82) is 0 Å². The molecule has 0 unspecified atom stereocenters. The number of ether oxygens (including phenoxy) is 1. The SMILES string of the molecule is C[C@@](O)(C(=O)Cc1ccc(F)c([C@@]2(C)N=C(N)OCC2(F)F)c1)C(F)(F)F. The molecule has 5 nitrogen and oxygen atoms in total. The second-order valence-corrected chi connectivity index (χ2v) is 6.50. The second-order valence-electron chi connectivity index (χ2n) is 6.50. The highest BCUT2D eigenvalue weighted by Crippen LogP contribution is 2.44. The molecule has 0 saturated carbocycles. The third-order valence-electron chi connectivity index (χ3n) is 4.46. The smallest absolute Gasteiger partial charge is 0.424 e. The zero-order valence-corrected chi connectivity index (χ0v) is 14.2. The van der Waals surface area contributed by atoms with Crippen LogP contribution < -0.4 is 5.73 Å². The summed E-state index contributed by atoms with van der Waals surface area (Å²) in [5.41, 5.74) is -1.72. The number of aliphatic hydroxyl groups is 1. The number of aliphatic imine (C=N–C) groups is 1. The van der Waals surface area contributed by atoms with Gasteiger partial charge in [-0.2, -0.15) is 22.0 Å². The molecule has 0 fully saturated rings. The number of Topliss-reactive ketones (excluding diaryl/α,β-unsaturated/α-hetero) is 1. The van der Waals surface area contributed by atoms with Crippen molar-refractivity contribution in [3.8, 4) is 0 Å². The summed E-state index contributed by atoms with van der Waals surface area (Å²) in [5.74, 6) is -6.43. The van der Waals surface area contributed by atoms with Crippen LogP contribution in [0.25, 0.3) is 0 Å². The predicted octanol–water partition coefficient (Wildman–Crippen LogP) is 2.45. The third kappa shape index (κ3) is 3.60. The van der Waals surface area contributed by atoms with Gasteiger partial charge in [-0.25, -0.2) is 9.38 Å². The molecule has 0 spiro atoms. The normalized spacial score (nSPS) is 24.6. The van der Waals surface area contributed by atoms with Gasteiger partial charge in [-0.1, -0.05) is 6.07 Å². The molecule has 0 amide bonds. The fraction of sp³-hybridized carbons (Fsp3) is 0.500. The Hall–Kier alpha value is -2.30. The van der Waals surface area contributed by atoms with E-state index in [9.17, 15) is 36.2 Å². The van der Waals surface area contributed by atoms with Crippen molar-refractivity contribution in [2.45, 2.75) is 43.5 Å². The van der Waals surface area contributed by atoms with Gasteiger partial charge in [0, 0.05) is 12.0 Å². The van der Waals surface area contributed by atoms with E-state index in [1.54, 1.807) is 0 Å². The summed E-state index contributed by atoms with van der Waals surface area (Å²) in [6.45, 7) is -0.0127. The molecule has 2 rings (SSSR count). The van der Waals surface area contributed by atoms with Crippen LogP contribution in [0.2, 0.25) is 0 Å². The van der Waals surface area contributed by atoms with E-state index in [0.29, 0.717) is 0 Å². The number of alkyl halides is 5. The Kier molecular flexibility index (Phi) is 4.98. The van der Waals surface area contributed by atoms with Gasteiger partial charge in [0.25, 0.3) is 6.02 Å². The van der Waals surface area contributed by atoms with Gasteiger partial charge >= 0.3 is 12.1 Å². The molecule has 0 aromatic heterocycles. The number of nitrogens with two attached hydrogens (primary N) is 1. The maximum Gasteiger partial charge on any atom is 0.424 e. The molecule has 1 aromatic rings. The molecular weight excluding hydrogens is 382 g/mol. The summed E-state index contributed by atoms with van der Waals surface area (Å²) >= 11 is 0. The van der Waals surface area contributed by atoms with Crippen molar-refractivity contribution in [2.75, 3.05) is 6.61 Å². The fourth-order valence-corrected chi connectivity index (χ4v) is 2.47. The number of carbonyl (C=O) groups excluding carboxylic acids is 1. The minimum Gasteiger partial charge on any atom is -0.459 e. The Morgan fingerprint density at radius 1 is 1.37 bits per heavy atom. The number of carbonyl (C=O) groups is 1. The summed E-state index contributed by atoms with van der Waals surface area (Å²) in [4.78, 5) is 15.3. The summed E-state index contributed by atoms with van der Waals surface area (Å²) < 4.78 is 85.6.